The van der Waals surface area contributed by atoms with Gasteiger partial charge in [-0.1, -0.05) is 6.92 Å². The minimum atomic E-state index is -0.224. The van der Waals surface area contributed by atoms with Crippen LogP contribution in [0.3, 0.4) is 0 Å². The lowest BCUT2D eigenvalue weighted by Gasteiger charge is -2.35. The molecule has 2 rings (SSSR count). The maximum absolute atomic E-state index is 12.4. The largest absolute Gasteiger partial charge is 0.324 e. The topological polar surface area (TPSA) is 54.0 Å². The van der Waals surface area contributed by atoms with Crippen molar-refractivity contribution in [2.45, 2.75) is 26.2 Å². The van der Waals surface area contributed by atoms with Crippen LogP contribution < -0.4 is 10.6 Å². The predicted octanol–water partition coefficient (Wildman–Crippen LogP) is 2.56. The number of piperidine rings is 1. The van der Waals surface area contributed by atoms with E-state index in [9.17, 15) is 4.79 Å². The molecule has 98 valence electrons. The molecule has 0 aromatic carbocycles. The number of aromatic nitrogens is 1. The van der Waals surface area contributed by atoms with E-state index in [0.29, 0.717) is 0 Å². The molecule has 0 aliphatic carbocycles. The van der Waals surface area contributed by atoms with Crippen LogP contribution in [-0.4, -0.2) is 24.0 Å². The highest BCUT2D eigenvalue weighted by atomic mass is 79.9. The molecule has 1 saturated heterocycles. The first kappa shape index (κ1) is 13.5. The van der Waals surface area contributed by atoms with Crippen LogP contribution in [0.5, 0.6) is 0 Å². The minimum absolute atomic E-state index is 0.121. The number of anilines is 1. The van der Waals surface area contributed by atoms with Gasteiger partial charge in [0.15, 0.2) is 0 Å². The number of pyridine rings is 1. The molecule has 2 heterocycles. The van der Waals surface area contributed by atoms with E-state index in [0.717, 1.165) is 42.6 Å². The average Bonchev–Trinajstić information content (AvgIpc) is 2.42. The van der Waals surface area contributed by atoms with Gasteiger partial charge in [-0.2, -0.15) is 0 Å². The van der Waals surface area contributed by atoms with Crippen LogP contribution in [-0.2, 0) is 4.79 Å². The summed E-state index contributed by atoms with van der Waals surface area (Å²) in [6.07, 6.45) is 4.36. The molecule has 5 heteroatoms. The van der Waals surface area contributed by atoms with Crippen molar-refractivity contribution in [3.05, 3.63) is 22.9 Å². The highest BCUT2D eigenvalue weighted by Gasteiger charge is 2.37. The molecule has 0 bridgehead atoms. The van der Waals surface area contributed by atoms with Crippen LogP contribution in [0.2, 0.25) is 0 Å². The van der Waals surface area contributed by atoms with Gasteiger partial charge < -0.3 is 10.6 Å². The normalized spacial score (nSPS) is 18.3. The molecule has 1 aromatic rings. The summed E-state index contributed by atoms with van der Waals surface area (Å²) < 4.78 is 0.771. The molecule has 0 unspecified atom stereocenters. The number of nitrogens with zero attached hydrogens (tertiary/aromatic N) is 1. The number of carbonyl (C=O) groups is 1. The van der Waals surface area contributed by atoms with Crippen LogP contribution >= 0.6 is 15.9 Å². The quantitative estimate of drug-likeness (QED) is 0.844. The zero-order valence-electron chi connectivity index (χ0n) is 10.5. The molecular formula is C13H18BrN3O. The standard InChI is InChI=1S/C13H18BrN3O/c1-2-13(5-7-15-8-6-13)12(18)17-10-3-4-11(14)16-9-10/h3-4,9,15H,2,5-8H2,1H3,(H,17,18). The van der Waals surface area contributed by atoms with Gasteiger partial charge in [-0.25, -0.2) is 4.98 Å². The van der Waals surface area contributed by atoms with E-state index in [1.54, 1.807) is 6.20 Å². The Balaban J connectivity index is 2.07. The number of hydrogen-bond acceptors (Lipinski definition) is 3. The average molecular weight is 312 g/mol. The molecule has 0 radical (unpaired) electrons. The van der Waals surface area contributed by atoms with Crippen molar-refractivity contribution in [2.24, 2.45) is 5.41 Å². The van der Waals surface area contributed by atoms with Gasteiger partial charge in [0.1, 0.15) is 4.60 Å². The summed E-state index contributed by atoms with van der Waals surface area (Å²) in [5, 5.41) is 6.28. The van der Waals surface area contributed by atoms with E-state index in [1.165, 1.54) is 0 Å². The molecule has 18 heavy (non-hydrogen) atoms. The van der Waals surface area contributed by atoms with Crippen molar-refractivity contribution in [1.82, 2.24) is 10.3 Å². The molecule has 1 amide bonds. The van der Waals surface area contributed by atoms with Crippen molar-refractivity contribution in [3.8, 4) is 0 Å². The summed E-state index contributed by atoms with van der Waals surface area (Å²) in [5.41, 5.74) is 0.535. The summed E-state index contributed by atoms with van der Waals surface area (Å²) in [7, 11) is 0. The summed E-state index contributed by atoms with van der Waals surface area (Å²) in [4.78, 5) is 16.5. The van der Waals surface area contributed by atoms with Crippen LogP contribution in [0.25, 0.3) is 0 Å². The van der Waals surface area contributed by atoms with Crippen molar-refractivity contribution in [3.63, 3.8) is 0 Å². The third-order valence-corrected chi connectivity index (χ3v) is 4.17. The van der Waals surface area contributed by atoms with Gasteiger partial charge in [0, 0.05) is 0 Å². The predicted molar refractivity (Wildman–Crippen MR) is 75.4 cm³/mol. The Hall–Kier alpha value is -0.940. The van der Waals surface area contributed by atoms with Crippen molar-refractivity contribution < 1.29 is 4.79 Å². The Morgan fingerprint density at radius 3 is 2.78 bits per heavy atom. The minimum Gasteiger partial charge on any atom is -0.324 e. The monoisotopic (exact) mass is 311 g/mol. The van der Waals surface area contributed by atoms with E-state index in [2.05, 4.69) is 38.5 Å². The molecular weight excluding hydrogens is 294 g/mol. The summed E-state index contributed by atoms with van der Waals surface area (Å²) in [5.74, 6) is 0.121. The molecule has 1 aliphatic rings. The number of halogens is 1. The van der Waals surface area contributed by atoms with Gasteiger partial charge in [-0.05, 0) is 60.4 Å². The molecule has 0 atom stereocenters. The highest BCUT2D eigenvalue weighted by molar-refractivity contribution is 9.10. The fraction of sp³-hybridized carbons (Fsp3) is 0.538. The van der Waals surface area contributed by atoms with E-state index >= 15 is 0 Å². The molecule has 2 N–H and O–H groups in total. The van der Waals surface area contributed by atoms with E-state index < -0.39 is 0 Å². The molecule has 4 nitrogen and oxygen atoms in total. The molecule has 1 fully saturated rings. The van der Waals surface area contributed by atoms with E-state index in [4.69, 9.17) is 0 Å². The van der Waals surface area contributed by atoms with Crippen LogP contribution in [0.1, 0.15) is 26.2 Å². The number of amides is 1. The van der Waals surface area contributed by atoms with Crippen molar-refractivity contribution in [1.29, 1.82) is 0 Å². The maximum Gasteiger partial charge on any atom is 0.230 e. The Labute approximate surface area is 116 Å². The molecule has 0 saturated carbocycles. The van der Waals surface area contributed by atoms with Gasteiger partial charge in [-0.3, -0.25) is 4.79 Å². The fourth-order valence-corrected chi connectivity index (χ4v) is 2.59. The third-order valence-electron chi connectivity index (χ3n) is 3.70. The summed E-state index contributed by atoms with van der Waals surface area (Å²) >= 11 is 3.28. The Morgan fingerprint density at radius 1 is 1.50 bits per heavy atom. The van der Waals surface area contributed by atoms with Crippen LogP contribution in [0.15, 0.2) is 22.9 Å². The van der Waals surface area contributed by atoms with Gasteiger partial charge in [0.2, 0.25) is 5.91 Å². The van der Waals surface area contributed by atoms with Crippen molar-refractivity contribution in [2.75, 3.05) is 18.4 Å². The smallest absolute Gasteiger partial charge is 0.230 e. The van der Waals surface area contributed by atoms with Crippen molar-refractivity contribution >= 4 is 27.5 Å². The molecule has 0 spiro atoms. The summed E-state index contributed by atoms with van der Waals surface area (Å²) in [6.45, 7) is 3.92. The maximum atomic E-state index is 12.4. The number of nitrogens with one attached hydrogen (secondary N) is 2. The second-order valence-electron chi connectivity index (χ2n) is 4.71. The van der Waals surface area contributed by atoms with E-state index in [1.807, 2.05) is 12.1 Å². The van der Waals surface area contributed by atoms with Gasteiger partial charge in [-0.15, -0.1) is 0 Å². The number of hydrogen-bond donors (Lipinski definition) is 2. The second-order valence-corrected chi connectivity index (χ2v) is 5.52. The van der Waals surface area contributed by atoms with E-state index in [-0.39, 0.29) is 11.3 Å². The fourth-order valence-electron chi connectivity index (χ4n) is 2.36. The number of carbonyl (C=O) groups excluding carboxylic acids is 1. The second kappa shape index (κ2) is 5.80. The highest BCUT2D eigenvalue weighted by Crippen LogP contribution is 2.33. The molecule has 1 aliphatic heterocycles. The van der Waals surface area contributed by atoms with Gasteiger partial charge in [0.05, 0.1) is 17.3 Å². The lowest BCUT2D eigenvalue weighted by molar-refractivity contribution is -0.127. The lowest BCUT2D eigenvalue weighted by atomic mass is 9.76. The number of rotatable bonds is 3. The SMILES string of the molecule is CCC1(C(=O)Nc2ccc(Br)nc2)CCNCC1. The molecule has 1 aromatic heterocycles. The first-order valence-corrected chi connectivity index (χ1v) is 7.09. The Kier molecular flexibility index (Phi) is 4.35. The Bertz CT molecular complexity index is 413. The first-order chi connectivity index (χ1) is 8.66. The summed E-state index contributed by atoms with van der Waals surface area (Å²) in [6, 6.07) is 3.69. The Morgan fingerprint density at radius 2 is 2.22 bits per heavy atom. The van der Waals surface area contributed by atoms with Crippen LogP contribution in [0, 0.1) is 5.41 Å². The zero-order valence-corrected chi connectivity index (χ0v) is 12.1. The van der Waals surface area contributed by atoms with Crippen LogP contribution in [0.4, 0.5) is 5.69 Å². The third kappa shape index (κ3) is 2.90. The van der Waals surface area contributed by atoms with Gasteiger partial charge in [0.25, 0.3) is 0 Å². The van der Waals surface area contributed by atoms with Gasteiger partial charge >= 0.3 is 0 Å². The zero-order chi connectivity index (χ0) is 13.0. The lowest BCUT2D eigenvalue weighted by Crippen LogP contribution is -2.44. The first-order valence-electron chi connectivity index (χ1n) is 6.30.